The topological polar surface area (TPSA) is 55.4 Å². The van der Waals surface area contributed by atoms with Gasteiger partial charge in [-0.3, -0.25) is 0 Å². The Morgan fingerprint density at radius 3 is 2.30 bits per heavy atom. The maximum Gasteiger partial charge on any atom is 0.449 e. The first-order valence-corrected chi connectivity index (χ1v) is 19.2. The summed E-state index contributed by atoms with van der Waals surface area (Å²) in [5.74, 6) is -3.47. The second kappa shape index (κ2) is 12.1. The molecule has 0 aromatic carbocycles. The molecule has 0 aromatic rings. The third-order valence-electron chi connectivity index (χ3n) is 12.3. The molecule has 0 N–H and O–H groups in total. The first-order valence-electron chi connectivity index (χ1n) is 16.8. The molecule has 0 radical (unpaired) electrons. The lowest BCUT2D eigenvalue weighted by Crippen LogP contribution is -2.67. The summed E-state index contributed by atoms with van der Waals surface area (Å²) in [7, 11) is 2.34. The van der Waals surface area contributed by atoms with E-state index in [1.807, 2.05) is 6.92 Å². The standard InChI is InChI=1S/C32H44F6O6S2/c1-15-5-8-19-20(25(31(33,34)35)40-27-24(19)18(15)9-7-17(3)39-27)13-45-46-14-21-23-10-6-16(2)22-11-12-29(4)42-28(30(22,23)44-43-29)41-26(21)32(36,37)38/h15-20,22-25,27-28H,5-14H2,1-4H3/t15-,16-,17+,18?,19+,20?,22?,23+,24?,25?,27+,28-,29-,30-/m1/s1. The molecule has 262 valence electrons. The monoisotopic (exact) mass is 702 g/mol. The summed E-state index contributed by atoms with van der Waals surface area (Å²) >= 11 is 0. The molecule has 2 saturated carbocycles. The van der Waals surface area contributed by atoms with Gasteiger partial charge in [0.05, 0.1) is 6.10 Å². The first-order chi connectivity index (χ1) is 21.6. The van der Waals surface area contributed by atoms with Gasteiger partial charge in [-0.25, -0.2) is 9.78 Å². The van der Waals surface area contributed by atoms with Gasteiger partial charge in [-0.2, -0.15) is 26.3 Å². The Kier molecular flexibility index (Phi) is 9.00. The minimum absolute atomic E-state index is 0.0678. The number of allylic oxidation sites excluding steroid dienone is 1. The fourth-order valence-corrected chi connectivity index (χ4v) is 12.6. The molecule has 6 nitrogen and oxygen atoms in total. The Labute approximate surface area is 274 Å². The Bertz CT molecular complexity index is 1190. The summed E-state index contributed by atoms with van der Waals surface area (Å²) in [5.41, 5.74) is -1.15. The lowest BCUT2D eigenvalue weighted by Gasteiger charge is -2.57. The van der Waals surface area contributed by atoms with E-state index >= 15 is 0 Å². The van der Waals surface area contributed by atoms with Crippen molar-refractivity contribution in [3.63, 3.8) is 0 Å². The van der Waals surface area contributed by atoms with Crippen LogP contribution in [0.5, 0.6) is 0 Å². The van der Waals surface area contributed by atoms with Crippen LogP contribution in [0.1, 0.15) is 79.1 Å². The van der Waals surface area contributed by atoms with Gasteiger partial charge in [-0.15, -0.1) is 0 Å². The molecular formula is C32H44F6O6S2. The molecule has 2 aliphatic carbocycles. The number of halogens is 6. The first kappa shape index (κ1) is 34.1. The third kappa shape index (κ3) is 5.73. The van der Waals surface area contributed by atoms with Crippen molar-refractivity contribution in [2.24, 2.45) is 47.3 Å². The molecule has 5 unspecified atom stereocenters. The van der Waals surface area contributed by atoms with Crippen LogP contribution in [0.2, 0.25) is 0 Å². The minimum Gasteiger partial charge on any atom is -0.456 e. The van der Waals surface area contributed by atoms with Crippen LogP contribution in [0.3, 0.4) is 0 Å². The van der Waals surface area contributed by atoms with E-state index in [4.69, 9.17) is 28.7 Å². The van der Waals surface area contributed by atoms with Crippen molar-refractivity contribution < 1.29 is 55.1 Å². The van der Waals surface area contributed by atoms with Gasteiger partial charge in [0.15, 0.2) is 18.0 Å². The van der Waals surface area contributed by atoms with Crippen molar-refractivity contribution in [3.05, 3.63) is 11.3 Å². The lowest BCUT2D eigenvalue weighted by molar-refractivity contribution is -0.557. The number of rotatable bonds is 5. The van der Waals surface area contributed by atoms with Crippen LogP contribution in [0.25, 0.3) is 0 Å². The number of hydrogen-bond acceptors (Lipinski definition) is 8. The van der Waals surface area contributed by atoms with Gasteiger partial charge < -0.3 is 18.9 Å². The predicted octanol–water partition coefficient (Wildman–Crippen LogP) is 8.81. The quantitative estimate of drug-likeness (QED) is 0.122. The maximum atomic E-state index is 14.6. The second-order valence-electron chi connectivity index (χ2n) is 15.0. The van der Waals surface area contributed by atoms with Gasteiger partial charge in [0, 0.05) is 41.6 Å². The minimum atomic E-state index is -4.77. The van der Waals surface area contributed by atoms with Crippen molar-refractivity contribution >= 4 is 21.6 Å². The summed E-state index contributed by atoms with van der Waals surface area (Å²) in [6.45, 7) is 7.79. The van der Waals surface area contributed by atoms with E-state index in [1.165, 1.54) is 10.8 Å². The summed E-state index contributed by atoms with van der Waals surface area (Å²) in [4.78, 5) is 11.8. The third-order valence-corrected chi connectivity index (χ3v) is 14.7. The number of alkyl halides is 6. The summed E-state index contributed by atoms with van der Waals surface area (Å²) in [5, 5.41) is 0. The Hall–Kier alpha value is -0.380. The van der Waals surface area contributed by atoms with E-state index in [0.717, 1.165) is 30.1 Å². The number of ether oxygens (including phenoxy) is 4. The SMILES string of the molecule is C[C@@H]1CC[C@H]2C(CSSCC3=C(C(F)(F)F)O[C@@H]4O[C@@]5(C)CCC6[C@H](C)CC[C@@H]3[C@]64OO5)C(C(F)(F)F)O[C@@H]3O[C@@H](C)CCC1C32. The molecule has 8 rings (SSSR count). The lowest BCUT2D eigenvalue weighted by atomic mass is 9.59. The highest BCUT2D eigenvalue weighted by Crippen LogP contribution is 2.62. The van der Waals surface area contributed by atoms with Gasteiger partial charge in [-0.1, -0.05) is 41.9 Å². The highest BCUT2D eigenvalue weighted by molar-refractivity contribution is 8.76. The summed E-state index contributed by atoms with van der Waals surface area (Å²) < 4.78 is 111. The van der Waals surface area contributed by atoms with Gasteiger partial charge in [0.1, 0.15) is 0 Å². The summed E-state index contributed by atoms with van der Waals surface area (Å²) in [6.07, 6.45) is -8.23. The molecule has 46 heavy (non-hydrogen) atoms. The largest absolute Gasteiger partial charge is 0.456 e. The van der Waals surface area contributed by atoms with Crippen LogP contribution in [0.4, 0.5) is 26.3 Å². The normalized spacial score (nSPS) is 49.0. The molecule has 14 heteroatoms. The zero-order valence-electron chi connectivity index (χ0n) is 26.5. The van der Waals surface area contributed by atoms with Crippen LogP contribution in [-0.2, 0) is 28.7 Å². The van der Waals surface area contributed by atoms with E-state index in [2.05, 4.69) is 13.8 Å². The zero-order chi connectivity index (χ0) is 32.8. The van der Waals surface area contributed by atoms with Gasteiger partial charge in [-0.05, 0) is 81.6 Å². The van der Waals surface area contributed by atoms with Crippen molar-refractivity contribution in [2.75, 3.05) is 11.5 Å². The van der Waals surface area contributed by atoms with Gasteiger partial charge >= 0.3 is 12.4 Å². The Morgan fingerprint density at radius 1 is 0.826 bits per heavy atom. The van der Waals surface area contributed by atoms with Crippen LogP contribution in [-0.4, -0.2) is 60.0 Å². The van der Waals surface area contributed by atoms with Crippen LogP contribution in [0.15, 0.2) is 11.3 Å². The number of fused-ring (bicyclic) bond motifs is 2. The molecular weight excluding hydrogens is 658 g/mol. The molecule has 1 spiro atoms. The zero-order valence-corrected chi connectivity index (χ0v) is 28.2. The van der Waals surface area contributed by atoms with Crippen molar-refractivity contribution in [1.29, 1.82) is 0 Å². The smallest absolute Gasteiger partial charge is 0.449 e. The molecule has 0 aromatic heterocycles. The van der Waals surface area contributed by atoms with E-state index < -0.39 is 60.0 Å². The van der Waals surface area contributed by atoms with Crippen molar-refractivity contribution in [3.8, 4) is 0 Å². The van der Waals surface area contributed by atoms with E-state index in [1.54, 1.807) is 6.92 Å². The number of hydrogen-bond donors (Lipinski definition) is 0. The van der Waals surface area contributed by atoms with E-state index in [0.29, 0.717) is 38.0 Å². The van der Waals surface area contributed by atoms with Crippen molar-refractivity contribution in [1.82, 2.24) is 0 Å². The molecule has 6 aliphatic heterocycles. The van der Waals surface area contributed by atoms with Crippen molar-refractivity contribution in [2.45, 2.75) is 128 Å². The maximum absolute atomic E-state index is 14.6. The van der Waals surface area contributed by atoms with E-state index in [-0.39, 0.29) is 52.8 Å². The van der Waals surface area contributed by atoms with E-state index in [9.17, 15) is 26.3 Å². The molecule has 14 atom stereocenters. The average molecular weight is 703 g/mol. The van der Waals surface area contributed by atoms with Crippen LogP contribution < -0.4 is 0 Å². The average Bonchev–Trinajstić information content (AvgIpc) is 3.30. The Balaban J connectivity index is 1.13. The van der Waals surface area contributed by atoms with Gasteiger partial charge in [0.2, 0.25) is 17.8 Å². The Morgan fingerprint density at radius 2 is 1.57 bits per heavy atom. The van der Waals surface area contributed by atoms with Gasteiger partial charge in [0.25, 0.3) is 0 Å². The molecule has 8 aliphatic rings. The van der Waals surface area contributed by atoms with Crippen LogP contribution in [0, 0.1) is 47.3 Å². The summed E-state index contributed by atoms with van der Waals surface area (Å²) in [6, 6.07) is 0. The van der Waals surface area contributed by atoms with Crippen LogP contribution >= 0.6 is 21.6 Å². The second-order valence-corrected chi connectivity index (χ2v) is 17.5. The molecule has 0 amide bonds. The molecule has 2 bridgehead atoms. The fourth-order valence-electron chi connectivity index (χ4n) is 10.0. The highest BCUT2D eigenvalue weighted by atomic mass is 33.1. The predicted molar refractivity (Wildman–Crippen MR) is 159 cm³/mol. The fraction of sp³-hybridized carbons (Fsp3) is 0.938. The molecule has 6 heterocycles. The molecule has 7 fully saturated rings. The highest BCUT2D eigenvalue weighted by Gasteiger charge is 2.70. The molecule has 5 saturated heterocycles.